The molecule has 1 saturated heterocycles. The minimum absolute atomic E-state index is 0.0457. The molecule has 0 unspecified atom stereocenters. The lowest BCUT2D eigenvalue weighted by Gasteiger charge is -2.17. The molecular weight excluding hydrogens is 178 g/mol. The maximum absolute atomic E-state index is 11.4. The Kier molecular flexibility index (Phi) is 3.05. The van der Waals surface area contributed by atoms with Gasteiger partial charge in [-0.3, -0.25) is 0 Å². The molecule has 12 heavy (non-hydrogen) atoms. The van der Waals surface area contributed by atoms with Gasteiger partial charge in [0.2, 0.25) is 0 Å². The Balaban J connectivity index is 2.58. The zero-order valence-corrected chi connectivity index (χ0v) is 8.19. The van der Waals surface area contributed by atoms with Crippen molar-refractivity contribution in [2.75, 3.05) is 19.8 Å². The van der Waals surface area contributed by atoms with E-state index in [-0.39, 0.29) is 6.04 Å². The van der Waals surface area contributed by atoms with Gasteiger partial charge in [-0.2, -0.15) is 17.4 Å². The zero-order chi connectivity index (χ0) is 9.19. The monoisotopic (exact) mass is 193 g/mol. The fourth-order valence-electron chi connectivity index (χ4n) is 1.06. The van der Waals surface area contributed by atoms with Crippen molar-refractivity contribution in [2.24, 2.45) is 0 Å². The van der Waals surface area contributed by atoms with Gasteiger partial charge in [-0.05, 0) is 13.8 Å². The Hall–Kier alpha value is -0.170. The second-order valence-corrected chi connectivity index (χ2v) is 4.81. The van der Waals surface area contributed by atoms with Crippen molar-refractivity contribution in [1.82, 2.24) is 14.3 Å². The van der Waals surface area contributed by atoms with Gasteiger partial charge in [0.05, 0.1) is 6.67 Å². The van der Waals surface area contributed by atoms with Gasteiger partial charge < -0.3 is 5.32 Å². The van der Waals surface area contributed by atoms with Gasteiger partial charge in [0.1, 0.15) is 0 Å². The average Bonchev–Trinajstić information content (AvgIpc) is 2.32. The Labute approximate surface area is 73.3 Å². The molecule has 1 heterocycles. The Bertz CT molecular complexity index is 231. The molecule has 0 radical (unpaired) electrons. The van der Waals surface area contributed by atoms with Crippen LogP contribution in [0.2, 0.25) is 0 Å². The second kappa shape index (κ2) is 3.69. The summed E-state index contributed by atoms with van der Waals surface area (Å²) in [6.45, 7) is 5.32. The summed E-state index contributed by atoms with van der Waals surface area (Å²) in [5, 5.41) is 2.96. The fourth-order valence-corrected chi connectivity index (χ4v) is 2.40. The van der Waals surface area contributed by atoms with Crippen LogP contribution in [0.1, 0.15) is 13.8 Å². The molecule has 0 aromatic carbocycles. The lowest BCUT2D eigenvalue weighted by molar-refractivity contribution is 0.455. The van der Waals surface area contributed by atoms with Crippen LogP contribution in [-0.2, 0) is 10.2 Å². The molecule has 0 saturated carbocycles. The van der Waals surface area contributed by atoms with Crippen LogP contribution in [0.3, 0.4) is 0 Å². The molecule has 72 valence electrons. The third kappa shape index (κ3) is 2.41. The maximum Gasteiger partial charge on any atom is 0.280 e. The quantitative estimate of drug-likeness (QED) is 0.610. The normalized spacial score (nSPS) is 20.6. The highest BCUT2D eigenvalue weighted by Crippen LogP contribution is 2.00. The van der Waals surface area contributed by atoms with Crippen molar-refractivity contribution in [3.8, 4) is 0 Å². The largest absolute Gasteiger partial charge is 0.302 e. The molecule has 0 spiro atoms. The topological polar surface area (TPSA) is 61.4 Å². The van der Waals surface area contributed by atoms with Gasteiger partial charge in [0.25, 0.3) is 10.2 Å². The second-order valence-electron chi connectivity index (χ2n) is 3.11. The summed E-state index contributed by atoms with van der Waals surface area (Å²) in [7, 11) is -3.24. The first-order valence-corrected chi connectivity index (χ1v) is 5.44. The third-order valence-corrected chi connectivity index (χ3v) is 3.31. The van der Waals surface area contributed by atoms with Crippen molar-refractivity contribution in [2.45, 2.75) is 19.9 Å². The summed E-state index contributed by atoms with van der Waals surface area (Å²) in [4.78, 5) is 0. The van der Waals surface area contributed by atoms with E-state index in [0.717, 1.165) is 6.54 Å². The molecule has 1 aliphatic heterocycles. The maximum atomic E-state index is 11.4. The number of rotatable bonds is 3. The Morgan fingerprint density at radius 1 is 1.50 bits per heavy atom. The van der Waals surface area contributed by atoms with Crippen molar-refractivity contribution < 1.29 is 8.42 Å². The summed E-state index contributed by atoms with van der Waals surface area (Å²) in [6, 6.07) is -0.0457. The molecule has 0 atom stereocenters. The van der Waals surface area contributed by atoms with Crippen molar-refractivity contribution in [1.29, 1.82) is 0 Å². The van der Waals surface area contributed by atoms with Crippen molar-refractivity contribution in [3.63, 3.8) is 0 Å². The van der Waals surface area contributed by atoms with Crippen LogP contribution in [-0.4, -0.2) is 38.5 Å². The van der Waals surface area contributed by atoms with Gasteiger partial charge >= 0.3 is 0 Å². The van der Waals surface area contributed by atoms with E-state index >= 15 is 0 Å². The van der Waals surface area contributed by atoms with Gasteiger partial charge in [-0.1, -0.05) is 0 Å². The molecule has 0 bridgehead atoms. The van der Waals surface area contributed by atoms with Crippen LogP contribution < -0.4 is 10.0 Å². The molecule has 6 heteroatoms. The number of nitrogens with zero attached hydrogens (tertiary/aromatic N) is 1. The van der Waals surface area contributed by atoms with Gasteiger partial charge in [0, 0.05) is 19.1 Å². The van der Waals surface area contributed by atoms with E-state index in [1.165, 1.54) is 4.31 Å². The Morgan fingerprint density at radius 3 is 2.58 bits per heavy atom. The highest BCUT2D eigenvalue weighted by Gasteiger charge is 2.24. The molecule has 1 rings (SSSR count). The van der Waals surface area contributed by atoms with E-state index in [0.29, 0.717) is 13.2 Å². The predicted molar refractivity (Wildman–Crippen MR) is 46.8 cm³/mol. The number of hydrogen-bond acceptors (Lipinski definition) is 3. The van der Waals surface area contributed by atoms with E-state index in [1.54, 1.807) is 13.8 Å². The highest BCUT2D eigenvalue weighted by atomic mass is 32.2. The van der Waals surface area contributed by atoms with Crippen LogP contribution in [0.25, 0.3) is 0 Å². The van der Waals surface area contributed by atoms with E-state index in [4.69, 9.17) is 0 Å². The molecule has 0 aliphatic carbocycles. The van der Waals surface area contributed by atoms with Crippen LogP contribution in [0.4, 0.5) is 0 Å². The lowest BCUT2D eigenvalue weighted by atomic mass is 10.4. The van der Waals surface area contributed by atoms with Crippen LogP contribution in [0.5, 0.6) is 0 Å². The summed E-state index contributed by atoms with van der Waals surface area (Å²) in [5.41, 5.74) is 0. The van der Waals surface area contributed by atoms with E-state index in [9.17, 15) is 8.42 Å². The molecule has 0 aromatic rings. The highest BCUT2D eigenvalue weighted by molar-refractivity contribution is 7.87. The van der Waals surface area contributed by atoms with Gasteiger partial charge in [-0.15, -0.1) is 0 Å². The first kappa shape index (κ1) is 9.91. The molecule has 2 N–H and O–H groups in total. The molecule has 1 aliphatic rings. The predicted octanol–water partition coefficient (Wildman–Crippen LogP) is -0.908. The molecule has 5 nitrogen and oxygen atoms in total. The molecule has 0 amide bonds. The van der Waals surface area contributed by atoms with E-state index in [1.807, 2.05) is 0 Å². The van der Waals surface area contributed by atoms with Gasteiger partial charge in [-0.25, -0.2) is 0 Å². The van der Waals surface area contributed by atoms with Crippen LogP contribution >= 0.6 is 0 Å². The number of nitrogens with one attached hydrogen (secondary N) is 2. The first-order chi connectivity index (χ1) is 5.52. The standard InChI is InChI=1S/C6H15N3O2S/c1-6(2)8-12(10,11)9-4-3-7-5-9/h6-8H,3-5H2,1-2H3. The van der Waals surface area contributed by atoms with Crippen molar-refractivity contribution in [3.05, 3.63) is 0 Å². The third-order valence-electron chi connectivity index (χ3n) is 1.55. The van der Waals surface area contributed by atoms with Crippen LogP contribution in [0.15, 0.2) is 0 Å². The van der Waals surface area contributed by atoms with Crippen LogP contribution in [0, 0.1) is 0 Å². The number of hydrogen-bond donors (Lipinski definition) is 2. The van der Waals surface area contributed by atoms with Crippen molar-refractivity contribution >= 4 is 10.2 Å². The zero-order valence-electron chi connectivity index (χ0n) is 7.37. The average molecular weight is 193 g/mol. The molecule has 0 aromatic heterocycles. The molecular formula is C6H15N3O2S. The van der Waals surface area contributed by atoms with E-state index in [2.05, 4.69) is 10.0 Å². The summed E-state index contributed by atoms with van der Waals surface area (Å²) >= 11 is 0. The van der Waals surface area contributed by atoms with E-state index < -0.39 is 10.2 Å². The summed E-state index contributed by atoms with van der Waals surface area (Å²) < 4.78 is 26.8. The fraction of sp³-hybridized carbons (Fsp3) is 1.00. The minimum Gasteiger partial charge on any atom is -0.302 e. The minimum atomic E-state index is -3.24. The first-order valence-electron chi connectivity index (χ1n) is 4.00. The molecule has 1 fully saturated rings. The SMILES string of the molecule is CC(C)NS(=O)(=O)N1CCNC1. The smallest absolute Gasteiger partial charge is 0.280 e. The Morgan fingerprint density at radius 2 is 2.17 bits per heavy atom. The summed E-state index contributed by atoms with van der Waals surface area (Å²) in [6.07, 6.45) is 0. The van der Waals surface area contributed by atoms with Gasteiger partial charge in [0.15, 0.2) is 0 Å². The summed E-state index contributed by atoms with van der Waals surface area (Å²) in [5.74, 6) is 0. The lowest BCUT2D eigenvalue weighted by Crippen LogP contribution is -2.42.